The van der Waals surface area contributed by atoms with Crippen LogP contribution in [0.4, 0.5) is 4.79 Å². The highest BCUT2D eigenvalue weighted by atomic mass is 16.6. The zero-order valence-electron chi connectivity index (χ0n) is 33.5. The molecule has 8 heteroatoms. The van der Waals surface area contributed by atoms with Gasteiger partial charge in [0, 0.05) is 12.0 Å². The van der Waals surface area contributed by atoms with Crippen LogP contribution in [0, 0.1) is 50.2 Å². The fourth-order valence-corrected chi connectivity index (χ4v) is 12.2. The van der Waals surface area contributed by atoms with Gasteiger partial charge in [0.1, 0.15) is 18.8 Å². The molecule has 9 atom stereocenters. The van der Waals surface area contributed by atoms with Gasteiger partial charge in [0.2, 0.25) is 5.91 Å². The van der Waals surface area contributed by atoms with Gasteiger partial charge < -0.3 is 20.1 Å². The molecule has 6 rings (SSSR count). The summed E-state index contributed by atoms with van der Waals surface area (Å²) in [6, 6.07) is 9.80. The number of allylic oxidation sites excluding steroid dienone is 2. The van der Waals surface area contributed by atoms with Crippen LogP contribution >= 0.6 is 0 Å². The molecule has 4 fully saturated rings. The predicted molar refractivity (Wildman–Crippen MR) is 202 cm³/mol. The summed E-state index contributed by atoms with van der Waals surface area (Å²) in [6.07, 6.45) is 9.62. The smallest absolute Gasteiger partial charge is 0.408 e. The summed E-state index contributed by atoms with van der Waals surface area (Å²) < 4.78 is 11.3. The Bertz CT molecular complexity index is 1630. The zero-order chi connectivity index (χ0) is 38.1. The summed E-state index contributed by atoms with van der Waals surface area (Å²) in [5.74, 6) is 0.174. The van der Waals surface area contributed by atoms with Gasteiger partial charge in [0.05, 0.1) is 5.41 Å². The Morgan fingerprint density at radius 2 is 1.54 bits per heavy atom. The zero-order valence-corrected chi connectivity index (χ0v) is 33.5. The van der Waals surface area contributed by atoms with Crippen molar-refractivity contribution < 1.29 is 28.7 Å². The second-order valence-electron chi connectivity index (χ2n) is 20.2. The van der Waals surface area contributed by atoms with Crippen molar-refractivity contribution in [1.29, 1.82) is 0 Å². The molecule has 8 nitrogen and oxygen atoms in total. The van der Waals surface area contributed by atoms with Crippen molar-refractivity contribution in [3.8, 4) is 0 Å². The Morgan fingerprint density at radius 3 is 2.21 bits per heavy atom. The minimum absolute atomic E-state index is 0.0474. The molecule has 0 saturated heterocycles. The fourth-order valence-electron chi connectivity index (χ4n) is 12.2. The number of esters is 1. The van der Waals surface area contributed by atoms with E-state index in [1.165, 1.54) is 5.57 Å². The van der Waals surface area contributed by atoms with Crippen molar-refractivity contribution in [3.63, 3.8) is 0 Å². The van der Waals surface area contributed by atoms with Crippen LogP contribution in [0.1, 0.15) is 133 Å². The molecule has 0 heterocycles. The monoisotopic (exact) mass is 716 g/mol. The van der Waals surface area contributed by atoms with Crippen LogP contribution in [-0.2, 0) is 30.5 Å². The van der Waals surface area contributed by atoms with E-state index in [9.17, 15) is 19.2 Å². The molecule has 0 radical (unpaired) electrons. The first-order chi connectivity index (χ1) is 24.1. The number of carbonyl (C=O) groups is 4. The quantitative estimate of drug-likeness (QED) is 0.285. The number of ether oxygens (including phenoxy) is 2. The van der Waals surface area contributed by atoms with E-state index < -0.39 is 17.1 Å². The topological polar surface area (TPSA) is 111 Å². The number of rotatable bonds is 6. The summed E-state index contributed by atoms with van der Waals surface area (Å²) in [7, 11) is 0. The van der Waals surface area contributed by atoms with E-state index in [2.05, 4.69) is 65.2 Å². The van der Waals surface area contributed by atoms with E-state index in [0.29, 0.717) is 6.42 Å². The molecule has 0 unspecified atom stereocenters. The van der Waals surface area contributed by atoms with Crippen LogP contribution in [0.15, 0.2) is 42.0 Å². The molecule has 0 spiro atoms. The summed E-state index contributed by atoms with van der Waals surface area (Å²) >= 11 is 0. The lowest BCUT2D eigenvalue weighted by atomic mass is 9.33. The molecule has 4 saturated carbocycles. The number of amides is 2. The maximum Gasteiger partial charge on any atom is 0.408 e. The van der Waals surface area contributed by atoms with Crippen LogP contribution in [0.5, 0.6) is 0 Å². The number of ketones is 1. The minimum Gasteiger partial charge on any atom is -0.460 e. The van der Waals surface area contributed by atoms with Crippen LogP contribution in [0.3, 0.4) is 0 Å². The largest absolute Gasteiger partial charge is 0.460 e. The maximum atomic E-state index is 14.9. The molecule has 5 aliphatic rings. The number of benzene rings is 1. The van der Waals surface area contributed by atoms with E-state index in [0.717, 1.165) is 56.9 Å². The highest BCUT2D eigenvalue weighted by molar-refractivity contribution is 5.96. The molecular weight excluding hydrogens is 652 g/mol. The average molecular weight is 717 g/mol. The van der Waals surface area contributed by atoms with Crippen molar-refractivity contribution in [1.82, 2.24) is 10.6 Å². The lowest BCUT2D eigenvalue weighted by Gasteiger charge is -2.70. The molecule has 2 N–H and O–H groups in total. The Labute approximate surface area is 312 Å². The highest BCUT2D eigenvalue weighted by Crippen LogP contribution is 2.75. The van der Waals surface area contributed by atoms with Gasteiger partial charge >= 0.3 is 12.1 Å². The van der Waals surface area contributed by atoms with Gasteiger partial charge in [-0.05, 0) is 136 Å². The Kier molecular flexibility index (Phi) is 9.64. The van der Waals surface area contributed by atoms with Crippen molar-refractivity contribution in [3.05, 3.63) is 47.5 Å². The Hall–Kier alpha value is -3.16. The molecule has 0 aromatic heterocycles. The van der Waals surface area contributed by atoms with Crippen molar-refractivity contribution in [2.24, 2.45) is 50.2 Å². The first-order valence-corrected chi connectivity index (χ1v) is 19.8. The molecule has 1 aromatic carbocycles. The standard InChI is InChI=1S/C44H64N2O6/c1-38(2,3)52-37(50)45-26-34(48)46-33-17-18-42(8)32(39(33,4)5)16-19-44(10)35(42)31(47)24-29-30-25-41(7,21-20-40(30,6)22-23-43(29,44)9)36(49)51-27-28-14-12-11-13-15-28/h11-15,24,30,32-33,35H,16-23,25-27H2,1-10H3,(H,45,50)(H,46,48)/t30-,32-,33-,35+,40+,41-,42-,43+,44+/m0/s1. The molecule has 0 bridgehead atoms. The normalized spacial score (nSPS) is 39.3. The van der Waals surface area contributed by atoms with Crippen LogP contribution in [0.2, 0.25) is 0 Å². The van der Waals surface area contributed by atoms with Gasteiger partial charge in [-0.2, -0.15) is 0 Å². The molecular formula is C44H64N2O6. The van der Waals surface area contributed by atoms with E-state index in [1.807, 2.05) is 30.3 Å². The third-order valence-electron chi connectivity index (χ3n) is 15.4. The second-order valence-corrected chi connectivity index (χ2v) is 20.2. The van der Waals surface area contributed by atoms with Crippen molar-refractivity contribution >= 4 is 23.8 Å². The van der Waals surface area contributed by atoms with Gasteiger partial charge in [-0.25, -0.2) is 4.79 Å². The van der Waals surface area contributed by atoms with E-state index in [4.69, 9.17) is 9.47 Å². The summed E-state index contributed by atoms with van der Waals surface area (Å²) in [4.78, 5) is 53.9. The fraction of sp³-hybridized carbons (Fsp3) is 0.727. The first-order valence-electron chi connectivity index (χ1n) is 19.8. The number of nitrogens with one attached hydrogen (secondary N) is 2. The molecule has 0 aliphatic heterocycles. The number of alkyl carbamates (subject to hydrolysis) is 1. The van der Waals surface area contributed by atoms with Gasteiger partial charge in [-0.3, -0.25) is 14.4 Å². The maximum absolute atomic E-state index is 14.9. The average Bonchev–Trinajstić information content (AvgIpc) is 3.05. The molecule has 2 amide bonds. The Balaban J connectivity index is 1.22. The minimum atomic E-state index is -0.639. The number of hydrogen-bond donors (Lipinski definition) is 2. The summed E-state index contributed by atoms with van der Waals surface area (Å²) in [5.41, 5.74) is 0.235. The van der Waals surface area contributed by atoms with Crippen LogP contribution in [-0.4, -0.2) is 41.9 Å². The Morgan fingerprint density at radius 1 is 0.865 bits per heavy atom. The highest BCUT2D eigenvalue weighted by Gasteiger charge is 2.70. The summed E-state index contributed by atoms with van der Waals surface area (Å²) in [5, 5.41) is 5.84. The lowest BCUT2D eigenvalue weighted by Crippen LogP contribution is -2.68. The first kappa shape index (κ1) is 38.6. The van der Waals surface area contributed by atoms with Crippen LogP contribution in [0.25, 0.3) is 0 Å². The van der Waals surface area contributed by atoms with Gasteiger partial charge in [-0.15, -0.1) is 0 Å². The second kappa shape index (κ2) is 13.0. The van der Waals surface area contributed by atoms with E-state index in [1.54, 1.807) is 20.8 Å². The third-order valence-corrected chi connectivity index (χ3v) is 15.4. The number of fused-ring (bicyclic) bond motifs is 7. The van der Waals surface area contributed by atoms with Crippen molar-refractivity contribution in [2.45, 2.75) is 145 Å². The molecule has 1 aromatic rings. The molecule has 5 aliphatic carbocycles. The van der Waals surface area contributed by atoms with Gasteiger partial charge in [0.25, 0.3) is 0 Å². The van der Waals surface area contributed by atoms with E-state index in [-0.39, 0.29) is 81.7 Å². The molecule has 286 valence electrons. The van der Waals surface area contributed by atoms with Gasteiger partial charge in [0.15, 0.2) is 5.78 Å². The van der Waals surface area contributed by atoms with Crippen LogP contribution < -0.4 is 10.6 Å². The summed E-state index contributed by atoms with van der Waals surface area (Å²) in [6.45, 7) is 21.7. The number of hydrogen-bond acceptors (Lipinski definition) is 6. The molecule has 52 heavy (non-hydrogen) atoms. The van der Waals surface area contributed by atoms with Gasteiger partial charge in [-0.1, -0.05) is 77.4 Å². The number of carbonyl (C=O) groups excluding carboxylic acids is 4. The SMILES string of the molecule is CC(C)(C)OC(=O)NCC(=O)N[C@H]1CC[C@]2(C)[C@H]3C(=O)C=C4[C@@H]5C[C@@](C)(C(=O)OCc6ccccc6)CC[C@]5(C)CC[C@@]4(C)[C@]3(C)CC[C@H]2C1(C)C. The predicted octanol–water partition coefficient (Wildman–Crippen LogP) is 8.72. The lowest BCUT2D eigenvalue weighted by molar-refractivity contribution is -0.190. The van der Waals surface area contributed by atoms with Crippen molar-refractivity contribution in [2.75, 3.05) is 6.54 Å². The van der Waals surface area contributed by atoms with E-state index >= 15 is 0 Å². The third kappa shape index (κ3) is 6.42.